The zero-order valence-electron chi connectivity index (χ0n) is 10.6. The van der Waals surface area contributed by atoms with Gasteiger partial charge in [-0.2, -0.15) is 0 Å². The average molecular weight is 247 g/mol. The van der Waals surface area contributed by atoms with Gasteiger partial charge >= 0.3 is 5.97 Å². The summed E-state index contributed by atoms with van der Waals surface area (Å²) in [6, 6.07) is 6.99. The molecule has 18 heavy (non-hydrogen) atoms. The van der Waals surface area contributed by atoms with Crippen molar-refractivity contribution in [2.45, 2.75) is 26.3 Å². The minimum atomic E-state index is -0.834. The Morgan fingerprint density at radius 2 is 2.17 bits per heavy atom. The molecule has 0 saturated heterocycles. The molecule has 1 atom stereocenters. The fourth-order valence-electron chi connectivity index (χ4n) is 2.11. The van der Waals surface area contributed by atoms with Gasteiger partial charge in [-0.15, -0.1) is 0 Å². The molecule has 0 bridgehead atoms. The highest BCUT2D eigenvalue weighted by molar-refractivity contribution is 5.82. The average Bonchev–Trinajstić information content (AvgIpc) is 2.69. The third kappa shape index (κ3) is 2.03. The van der Waals surface area contributed by atoms with Gasteiger partial charge in [0.2, 0.25) is 5.95 Å². The Morgan fingerprint density at radius 3 is 2.78 bits per heavy atom. The van der Waals surface area contributed by atoms with E-state index in [1.165, 1.54) is 0 Å². The molecule has 1 aromatic carbocycles. The fourth-order valence-corrected chi connectivity index (χ4v) is 2.11. The summed E-state index contributed by atoms with van der Waals surface area (Å²) in [5.74, 6) is -0.215. The molecule has 0 fully saturated rings. The summed E-state index contributed by atoms with van der Waals surface area (Å²) in [5.41, 5.74) is 1.66. The molecule has 1 unspecified atom stereocenters. The van der Waals surface area contributed by atoms with Gasteiger partial charge < -0.3 is 10.4 Å². The Kier molecular flexibility index (Phi) is 3.50. The van der Waals surface area contributed by atoms with E-state index in [9.17, 15) is 9.90 Å². The van der Waals surface area contributed by atoms with Crippen molar-refractivity contribution in [3.63, 3.8) is 0 Å². The van der Waals surface area contributed by atoms with Gasteiger partial charge in [-0.1, -0.05) is 19.1 Å². The Bertz CT molecular complexity index is 562. The van der Waals surface area contributed by atoms with Gasteiger partial charge in [0.05, 0.1) is 11.0 Å². The number of fused-ring (bicyclic) bond motifs is 1. The summed E-state index contributed by atoms with van der Waals surface area (Å²) in [7, 11) is 0. The number of nitrogens with zero attached hydrogens (tertiary/aromatic N) is 2. The van der Waals surface area contributed by atoms with Crippen molar-refractivity contribution < 1.29 is 9.90 Å². The van der Waals surface area contributed by atoms with Gasteiger partial charge in [0.15, 0.2) is 0 Å². The molecule has 1 heterocycles. The SMILES string of the molecule is CCNc1nc2ccccc2n1C(CC)C(=O)O. The van der Waals surface area contributed by atoms with Crippen LogP contribution in [0.4, 0.5) is 5.95 Å². The summed E-state index contributed by atoms with van der Waals surface area (Å²) < 4.78 is 1.77. The number of carbonyl (C=O) groups is 1. The summed E-state index contributed by atoms with van der Waals surface area (Å²) in [4.78, 5) is 15.8. The topological polar surface area (TPSA) is 67.2 Å². The summed E-state index contributed by atoms with van der Waals surface area (Å²) in [5, 5.41) is 12.4. The van der Waals surface area contributed by atoms with Crippen LogP contribution >= 0.6 is 0 Å². The number of anilines is 1. The lowest BCUT2D eigenvalue weighted by Gasteiger charge is -2.16. The van der Waals surface area contributed by atoms with Crippen molar-refractivity contribution in [2.75, 3.05) is 11.9 Å². The zero-order valence-corrected chi connectivity index (χ0v) is 10.6. The number of nitrogens with one attached hydrogen (secondary N) is 1. The second-order valence-corrected chi connectivity index (χ2v) is 4.09. The molecule has 0 saturated carbocycles. The number of para-hydroxylation sites is 2. The van der Waals surface area contributed by atoms with Crippen LogP contribution in [0.1, 0.15) is 26.3 Å². The Labute approximate surface area is 105 Å². The fraction of sp³-hybridized carbons (Fsp3) is 0.385. The predicted molar refractivity (Wildman–Crippen MR) is 70.9 cm³/mol. The van der Waals surface area contributed by atoms with E-state index < -0.39 is 12.0 Å². The summed E-state index contributed by atoms with van der Waals surface area (Å²) in [6.07, 6.45) is 0.522. The van der Waals surface area contributed by atoms with Crippen molar-refractivity contribution in [3.8, 4) is 0 Å². The number of rotatable bonds is 5. The maximum atomic E-state index is 11.4. The van der Waals surface area contributed by atoms with Gasteiger partial charge in [0.25, 0.3) is 0 Å². The smallest absolute Gasteiger partial charge is 0.326 e. The van der Waals surface area contributed by atoms with E-state index in [2.05, 4.69) is 10.3 Å². The van der Waals surface area contributed by atoms with Gasteiger partial charge in [-0.05, 0) is 25.5 Å². The first-order valence-corrected chi connectivity index (χ1v) is 6.12. The van der Waals surface area contributed by atoms with E-state index in [-0.39, 0.29) is 0 Å². The largest absolute Gasteiger partial charge is 0.480 e. The first-order valence-electron chi connectivity index (χ1n) is 6.12. The number of carboxylic acid groups (broad SMARTS) is 1. The Balaban J connectivity index is 2.63. The maximum Gasteiger partial charge on any atom is 0.326 e. The quantitative estimate of drug-likeness (QED) is 0.851. The lowest BCUT2D eigenvalue weighted by molar-refractivity contribution is -0.140. The molecule has 5 heteroatoms. The molecule has 2 aromatic rings. The molecule has 5 nitrogen and oxygen atoms in total. The monoisotopic (exact) mass is 247 g/mol. The Morgan fingerprint density at radius 1 is 1.44 bits per heavy atom. The number of aliphatic carboxylic acids is 1. The third-order valence-electron chi connectivity index (χ3n) is 2.91. The number of benzene rings is 1. The first-order chi connectivity index (χ1) is 8.69. The molecule has 2 rings (SSSR count). The number of hydrogen-bond donors (Lipinski definition) is 2. The van der Waals surface area contributed by atoms with Crippen LogP contribution in [0, 0.1) is 0 Å². The standard InChI is InChI=1S/C13H17N3O2/c1-3-10(12(17)18)16-11-8-6-5-7-9(11)15-13(16)14-4-2/h5-8,10H,3-4H2,1-2H3,(H,14,15)(H,17,18). The van der Waals surface area contributed by atoms with Crippen LogP contribution in [0.3, 0.4) is 0 Å². The van der Waals surface area contributed by atoms with E-state index in [4.69, 9.17) is 0 Å². The van der Waals surface area contributed by atoms with E-state index in [1.807, 2.05) is 38.1 Å². The summed E-state index contributed by atoms with van der Waals surface area (Å²) in [6.45, 7) is 4.54. The van der Waals surface area contributed by atoms with Gasteiger partial charge in [0.1, 0.15) is 6.04 Å². The van der Waals surface area contributed by atoms with Crippen molar-refractivity contribution in [3.05, 3.63) is 24.3 Å². The predicted octanol–water partition coefficient (Wildman–Crippen LogP) is 2.50. The summed E-state index contributed by atoms with van der Waals surface area (Å²) >= 11 is 0. The minimum absolute atomic E-state index is 0.522. The first kappa shape index (κ1) is 12.4. The highest BCUT2D eigenvalue weighted by Gasteiger charge is 2.23. The lowest BCUT2D eigenvalue weighted by Crippen LogP contribution is -2.20. The molecular weight excluding hydrogens is 230 g/mol. The zero-order chi connectivity index (χ0) is 13.1. The maximum absolute atomic E-state index is 11.4. The molecule has 0 radical (unpaired) electrons. The van der Waals surface area contributed by atoms with Crippen LogP contribution in [-0.2, 0) is 4.79 Å². The molecule has 2 N–H and O–H groups in total. The molecule has 0 amide bonds. The molecule has 0 aliphatic carbocycles. The number of hydrogen-bond acceptors (Lipinski definition) is 3. The minimum Gasteiger partial charge on any atom is -0.480 e. The van der Waals surface area contributed by atoms with Crippen LogP contribution in [-0.4, -0.2) is 27.2 Å². The Hall–Kier alpha value is -2.04. The molecule has 0 aliphatic heterocycles. The van der Waals surface area contributed by atoms with E-state index >= 15 is 0 Å². The van der Waals surface area contributed by atoms with Gasteiger partial charge in [-0.3, -0.25) is 4.57 Å². The number of imidazole rings is 1. The van der Waals surface area contributed by atoms with Gasteiger partial charge in [-0.25, -0.2) is 9.78 Å². The van der Waals surface area contributed by atoms with Gasteiger partial charge in [0, 0.05) is 6.54 Å². The normalized spacial score (nSPS) is 12.6. The second kappa shape index (κ2) is 5.08. The van der Waals surface area contributed by atoms with Crippen LogP contribution in [0.25, 0.3) is 11.0 Å². The van der Waals surface area contributed by atoms with Crippen molar-refractivity contribution in [1.29, 1.82) is 0 Å². The van der Waals surface area contributed by atoms with Crippen LogP contribution in [0.5, 0.6) is 0 Å². The molecular formula is C13H17N3O2. The van der Waals surface area contributed by atoms with E-state index in [0.29, 0.717) is 18.9 Å². The molecule has 96 valence electrons. The van der Waals surface area contributed by atoms with Crippen molar-refractivity contribution in [1.82, 2.24) is 9.55 Å². The van der Waals surface area contributed by atoms with Crippen LogP contribution in [0.2, 0.25) is 0 Å². The molecule has 0 aliphatic rings. The number of carboxylic acids is 1. The van der Waals surface area contributed by atoms with Crippen molar-refractivity contribution >= 4 is 23.0 Å². The van der Waals surface area contributed by atoms with E-state index in [0.717, 1.165) is 11.0 Å². The highest BCUT2D eigenvalue weighted by Crippen LogP contribution is 2.26. The third-order valence-corrected chi connectivity index (χ3v) is 2.91. The van der Waals surface area contributed by atoms with Crippen molar-refractivity contribution in [2.24, 2.45) is 0 Å². The number of aromatic nitrogens is 2. The van der Waals surface area contributed by atoms with Crippen LogP contribution < -0.4 is 5.32 Å². The molecule has 1 aromatic heterocycles. The highest BCUT2D eigenvalue weighted by atomic mass is 16.4. The lowest BCUT2D eigenvalue weighted by atomic mass is 10.2. The van der Waals surface area contributed by atoms with E-state index in [1.54, 1.807) is 4.57 Å². The van der Waals surface area contributed by atoms with Crippen LogP contribution in [0.15, 0.2) is 24.3 Å². The molecule has 0 spiro atoms. The second-order valence-electron chi connectivity index (χ2n) is 4.09.